The number of aliphatic hydroxyl groups is 5. The van der Waals surface area contributed by atoms with Gasteiger partial charge in [0.25, 0.3) is 0 Å². The van der Waals surface area contributed by atoms with E-state index in [9.17, 15) is 30.3 Å². The van der Waals surface area contributed by atoms with E-state index in [4.69, 9.17) is 0 Å². The summed E-state index contributed by atoms with van der Waals surface area (Å²) in [6.07, 6.45) is -9.75. The molecule has 0 spiro atoms. The molecule has 0 unspecified atom stereocenters. The van der Waals surface area contributed by atoms with Crippen molar-refractivity contribution in [2.75, 3.05) is 0 Å². The van der Waals surface area contributed by atoms with Crippen molar-refractivity contribution in [1.82, 2.24) is 0 Å². The number of aliphatic hydroxyl groups excluding tert-OH is 5. The lowest BCUT2D eigenvalue weighted by Gasteiger charge is -2.40. The standard InChI is InChI=1S/C8H14O7/c1-2(9)15-8-6(13)4(11)3(10)5(12)7(8)14/h3-8,10-14H,1H3/t3-,4-,5+,6+,7-,8-. The largest absolute Gasteiger partial charge is 0.457 e. The first-order valence-electron chi connectivity index (χ1n) is 4.43. The lowest BCUT2D eigenvalue weighted by Crippen LogP contribution is -2.64. The van der Waals surface area contributed by atoms with E-state index in [1.807, 2.05) is 0 Å². The molecule has 0 amide bonds. The second-order valence-electron chi connectivity index (χ2n) is 3.53. The Morgan fingerprint density at radius 3 is 1.53 bits per heavy atom. The average molecular weight is 222 g/mol. The number of ether oxygens (including phenoxy) is 1. The summed E-state index contributed by atoms with van der Waals surface area (Å²) in [7, 11) is 0. The van der Waals surface area contributed by atoms with Crippen LogP contribution in [0.2, 0.25) is 0 Å². The molecule has 88 valence electrons. The molecule has 5 N–H and O–H groups in total. The van der Waals surface area contributed by atoms with E-state index in [0.29, 0.717) is 0 Å². The van der Waals surface area contributed by atoms with Crippen molar-refractivity contribution in [3.63, 3.8) is 0 Å². The molecule has 0 aromatic carbocycles. The first-order valence-corrected chi connectivity index (χ1v) is 4.43. The van der Waals surface area contributed by atoms with Gasteiger partial charge in [-0.15, -0.1) is 0 Å². The Morgan fingerprint density at radius 1 is 0.867 bits per heavy atom. The molecule has 0 radical (unpaired) electrons. The van der Waals surface area contributed by atoms with Crippen molar-refractivity contribution >= 4 is 5.97 Å². The van der Waals surface area contributed by atoms with Crippen LogP contribution in [0.25, 0.3) is 0 Å². The van der Waals surface area contributed by atoms with Gasteiger partial charge in [0.1, 0.15) is 30.5 Å². The minimum Gasteiger partial charge on any atom is -0.457 e. The smallest absolute Gasteiger partial charge is 0.303 e. The van der Waals surface area contributed by atoms with Gasteiger partial charge in [0.2, 0.25) is 0 Å². The van der Waals surface area contributed by atoms with Crippen LogP contribution in [0.15, 0.2) is 0 Å². The van der Waals surface area contributed by atoms with Crippen molar-refractivity contribution < 1.29 is 35.1 Å². The minimum absolute atomic E-state index is 0.770. The third kappa shape index (κ3) is 2.27. The first kappa shape index (κ1) is 12.3. The maximum absolute atomic E-state index is 10.6. The number of hydrogen-bond acceptors (Lipinski definition) is 7. The maximum atomic E-state index is 10.6. The van der Waals surface area contributed by atoms with Crippen LogP contribution in [-0.4, -0.2) is 68.1 Å². The Morgan fingerprint density at radius 2 is 1.20 bits per heavy atom. The van der Waals surface area contributed by atoms with Crippen LogP contribution in [-0.2, 0) is 9.53 Å². The van der Waals surface area contributed by atoms with Gasteiger partial charge in [-0.05, 0) is 0 Å². The van der Waals surface area contributed by atoms with Gasteiger partial charge in [0.05, 0.1) is 0 Å². The highest BCUT2D eigenvalue weighted by Crippen LogP contribution is 2.23. The van der Waals surface area contributed by atoms with Crippen LogP contribution in [0.4, 0.5) is 0 Å². The topological polar surface area (TPSA) is 127 Å². The zero-order valence-corrected chi connectivity index (χ0v) is 8.02. The zero-order valence-electron chi connectivity index (χ0n) is 8.02. The fraction of sp³-hybridized carbons (Fsp3) is 0.875. The molecule has 0 aromatic heterocycles. The van der Waals surface area contributed by atoms with Gasteiger partial charge < -0.3 is 30.3 Å². The highest BCUT2D eigenvalue weighted by atomic mass is 16.6. The Labute approximate surface area is 85.5 Å². The molecule has 1 aliphatic rings. The first-order chi connectivity index (χ1) is 6.86. The van der Waals surface area contributed by atoms with E-state index in [-0.39, 0.29) is 0 Å². The summed E-state index contributed by atoms with van der Waals surface area (Å²) >= 11 is 0. The van der Waals surface area contributed by atoms with Gasteiger partial charge >= 0.3 is 5.97 Å². The van der Waals surface area contributed by atoms with Crippen LogP contribution in [0, 0.1) is 0 Å². The Kier molecular flexibility index (Phi) is 3.63. The molecule has 0 heterocycles. The van der Waals surface area contributed by atoms with E-state index in [0.717, 1.165) is 6.92 Å². The molecule has 0 saturated heterocycles. The van der Waals surface area contributed by atoms with Crippen molar-refractivity contribution in [2.45, 2.75) is 43.5 Å². The van der Waals surface area contributed by atoms with Crippen LogP contribution < -0.4 is 0 Å². The van der Waals surface area contributed by atoms with Gasteiger partial charge in [-0.3, -0.25) is 4.79 Å². The van der Waals surface area contributed by atoms with Gasteiger partial charge in [0, 0.05) is 6.92 Å². The molecular weight excluding hydrogens is 208 g/mol. The molecule has 1 fully saturated rings. The molecule has 7 nitrogen and oxygen atoms in total. The van der Waals surface area contributed by atoms with Gasteiger partial charge in [-0.1, -0.05) is 0 Å². The SMILES string of the molecule is CC(=O)O[C@H]1[C@H](O)[C@@H](O)[C@H](O)[C@@H](O)[C@@H]1O. The molecule has 1 aliphatic carbocycles. The molecule has 0 aromatic rings. The second kappa shape index (κ2) is 4.42. The normalized spacial score (nSPS) is 46.3. The fourth-order valence-electron chi connectivity index (χ4n) is 1.53. The summed E-state index contributed by atoms with van der Waals surface area (Å²) < 4.78 is 4.53. The Balaban J connectivity index is 2.81. The van der Waals surface area contributed by atoms with E-state index in [2.05, 4.69) is 4.74 Å². The molecule has 1 saturated carbocycles. The van der Waals surface area contributed by atoms with Crippen LogP contribution in [0.1, 0.15) is 6.92 Å². The quantitative estimate of drug-likeness (QED) is 0.294. The number of carbonyl (C=O) groups excluding carboxylic acids is 1. The maximum Gasteiger partial charge on any atom is 0.303 e. The van der Waals surface area contributed by atoms with Crippen LogP contribution >= 0.6 is 0 Å². The molecule has 1 rings (SSSR count). The number of carbonyl (C=O) groups is 1. The number of rotatable bonds is 1. The van der Waals surface area contributed by atoms with Crippen molar-refractivity contribution in [1.29, 1.82) is 0 Å². The predicted octanol–water partition coefficient (Wildman–Crippen LogP) is -3.26. The van der Waals surface area contributed by atoms with E-state index in [1.54, 1.807) is 0 Å². The lowest BCUT2D eigenvalue weighted by molar-refractivity contribution is -0.232. The summed E-state index contributed by atoms with van der Waals surface area (Å²) in [5, 5.41) is 46.5. The van der Waals surface area contributed by atoms with E-state index >= 15 is 0 Å². The van der Waals surface area contributed by atoms with Crippen molar-refractivity contribution in [3.05, 3.63) is 0 Å². The summed E-state index contributed by atoms with van der Waals surface area (Å²) in [5.74, 6) is -0.770. The van der Waals surface area contributed by atoms with Crippen LogP contribution in [0.5, 0.6) is 0 Å². The van der Waals surface area contributed by atoms with Gasteiger partial charge in [-0.2, -0.15) is 0 Å². The Hall–Kier alpha value is -0.730. The summed E-state index contributed by atoms with van der Waals surface area (Å²) in [6, 6.07) is 0. The zero-order chi connectivity index (χ0) is 11.7. The second-order valence-corrected chi connectivity index (χ2v) is 3.53. The number of hydrogen-bond donors (Lipinski definition) is 5. The third-order valence-corrected chi connectivity index (χ3v) is 2.37. The summed E-state index contributed by atoms with van der Waals surface area (Å²) in [4.78, 5) is 10.6. The predicted molar refractivity (Wildman–Crippen MR) is 45.6 cm³/mol. The molecule has 15 heavy (non-hydrogen) atoms. The fourth-order valence-corrected chi connectivity index (χ4v) is 1.53. The van der Waals surface area contributed by atoms with Crippen LogP contribution in [0.3, 0.4) is 0 Å². The van der Waals surface area contributed by atoms with Crippen molar-refractivity contribution in [3.8, 4) is 0 Å². The lowest BCUT2D eigenvalue weighted by atomic mass is 9.85. The molecule has 7 heteroatoms. The van der Waals surface area contributed by atoms with E-state index in [1.165, 1.54) is 0 Å². The highest BCUT2D eigenvalue weighted by Gasteiger charge is 2.49. The van der Waals surface area contributed by atoms with Gasteiger partial charge in [0.15, 0.2) is 6.10 Å². The Bertz CT molecular complexity index is 227. The summed E-state index contributed by atoms with van der Waals surface area (Å²) in [6.45, 7) is 1.06. The van der Waals surface area contributed by atoms with Crippen molar-refractivity contribution in [2.24, 2.45) is 0 Å². The highest BCUT2D eigenvalue weighted by molar-refractivity contribution is 5.66. The summed E-state index contributed by atoms with van der Waals surface area (Å²) in [5.41, 5.74) is 0. The molecule has 6 atom stereocenters. The monoisotopic (exact) mass is 222 g/mol. The molecule has 0 bridgehead atoms. The third-order valence-electron chi connectivity index (χ3n) is 2.37. The van der Waals surface area contributed by atoms with E-state index < -0.39 is 42.6 Å². The average Bonchev–Trinajstić information content (AvgIpc) is 2.18. The molecule has 0 aliphatic heterocycles. The minimum atomic E-state index is -1.68. The van der Waals surface area contributed by atoms with Gasteiger partial charge in [-0.25, -0.2) is 0 Å². The molecular formula is C8H14O7. The number of esters is 1.